The quantitative estimate of drug-likeness (QED) is 0.690. The number of rotatable bonds is 3. The molecule has 6 heteroatoms. The average molecular weight is 198 g/mol. The van der Waals surface area contributed by atoms with Gasteiger partial charge in [-0.1, -0.05) is 0 Å². The predicted molar refractivity (Wildman–Crippen MR) is 44.8 cm³/mol. The third-order valence-corrected chi connectivity index (χ3v) is 2.17. The normalized spacial score (nSPS) is 14.4. The third-order valence-electron chi connectivity index (χ3n) is 2.17. The standard InChI is InChI=1S/C8H10N2O4/c11-2-1-10-6-4-14-3-5(6)7(9-10)8(12)13/h11H,1-4H2,(H,12,13). The molecule has 0 saturated heterocycles. The lowest BCUT2D eigenvalue weighted by molar-refractivity contribution is 0.0681. The van der Waals surface area contributed by atoms with Crippen molar-refractivity contribution in [3.05, 3.63) is 17.0 Å². The molecule has 0 aromatic carbocycles. The van der Waals surface area contributed by atoms with Crippen molar-refractivity contribution in [1.29, 1.82) is 0 Å². The largest absolute Gasteiger partial charge is 0.476 e. The number of carboxylic acids is 1. The molecule has 76 valence electrons. The number of aromatic carboxylic acids is 1. The van der Waals surface area contributed by atoms with Crippen LogP contribution in [-0.4, -0.2) is 32.6 Å². The fourth-order valence-electron chi connectivity index (χ4n) is 1.55. The van der Waals surface area contributed by atoms with E-state index in [-0.39, 0.29) is 12.3 Å². The monoisotopic (exact) mass is 198 g/mol. The highest BCUT2D eigenvalue weighted by molar-refractivity contribution is 5.87. The van der Waals surface area contributed by atoms with Crippen molar-refractivity contribution in [2.75, 3.05) is 6.61 Å². The van der Waals surface area contributed by atoms with Crippen LogP contribution >= 0.6 is 0 Å². The molecule has 0 aliphatic carbocycles. The molecule has 0 radical (unpaired) electrons. The van der Waals surface area contributed by atoms with Gasteiger partial charge in [0.1, 0.15) is 0 Å². The lowest BCUT2D eigenvalue weighted by Gasteiger charge is -2.00. The SMILES string of the molecule is O=C(O)c1nn(CCO)c2c1COC2. The van der Waals surface area contributed by atoms with E-state index in [1.165, 1.54) is 4.68 Å². The Morgan fingerprint density at radius 1 is 1.57 bits per heavy atom. The highest BCUT2D eigenvalue weighted by Crippen LogP contribution is 2.23. The molecular formula is C8H10N2O4. The molecule has 2 rings (SSSR count). The molecule has 2 N–H and O–H groups in total. The molecule has 0 atom stereocenters. The Labute approximate surface area is 79.7 Å². The highest BCUT2D eigenvalue weighted by Gasteiger charge is 2.26. The van der Waals surface area contributed by atoms with Crippen molar-refractivity contribution in [3.63, 3.8) is 0 Å². The van der Waals surface area contributed by atoms with E-state index in [0.717, 1.165) is 5.69 Å². The van der Waals surface area contributed by atoms with Gasteiger partial charge in [-0.15, -0.1) is 0 Å². The van der Waals surface area contributed by atoms with Crippen LogP contribution in [0.4, 0.5) is 0 Å². The van der Waals surface area contributed by atoms with Crippen molar-refractivity contribution in [2.45, 2.75) is 19.8 Å². The van der Waals surface area contributed by atoms with Crippen LogP contribution in [-0.2, 0) is 24.5 Å². The maximum absolute atomic E-state index is 10.8. The minimum atomic E-state index is -1.05. The molecule has 0 amide bonds. The molecule has 0 unspecified atom stereocenters. The van der Waals surface area contributed by atoms with Gasteiger partial charge in [-0.3, -0.25) is 4.68 Å². The summed E-state index contributed by atoms with van der Waals surface area (Å²) in [5.74, 6) is -1.05. The van der Waals surface area contributed by atoms with Crippen molar-refractivity contribution in [1.82, 2.24) is 9.78 Å². The van der Waals surface area contributed by atoms with Crippen LogP contribution in [0.15, 0.2) is 0 Å². The van der Waals surface area contributed by atoms with Crippen LogP contribution in [0.3, 0.4) is 0 Å². The number of carboxylic acid groups (broad SMARTS) is 1. The summed E-state index contributed by atoms with van der Waals surface area (Å²) in [6, 6.07) is 0. The van der Waals surface area contributed by atoms with Gasteiger partial charge >= 0.3 is 5.97 Å². The Morgan fingerprint density at radius 3 is 3.00 bits per heavy atom. The number of aliphatic hydroxyl groups excluding tert-OH is 1. The van der Waals surface area contributed by atoms with E-state index >= 15 is 0 Å². The number of aliphatic hydroxyl groups is 1. The summed E-state index contributed by atoms with van der Waals surface area (Å²) in [6.07, 6.45) is 0. The molecule has 0 spiro atoms. The molecule has 1 aliphatic rings. The summed E-state index contributed by atoms with van der Waals surface area (Å²) in [5.41, 5.74) is 1.42. The van der Waals surface area contributed by atoms with Crippen molar-refractivity contribution in [3.8, 4) is 0 Å². The van der Waals surface area contributed by atoms with E-state index < -0.39 is 5.97 Å². The Balaban J connectivity index is 2.44. The molecular weight excluding hydrogens is 188 g/mol. The Morgan fingerprint density at radius 2 is 2.36 bits per heavy atom. The maximum atomic E-state index is 10.8. The zero-order valence-electron chi connectivity index (χ0n) is 7.43. The van der Waals surface area contributed by atoms with Crippen LogP contribution in [0.2, 0.25) is 0 Å². The summed E-state index contributed by atoms with van der Waals surface area (Å²) in [5, 5.41) is 21.5. The fraction of sp³-hybridized carbons (Fsp3) is 0.500. The van der Waals surface area contributed by atoms with E-state index in [0.29, 0.717) is 25.3 Å². The van der Waals surface area contributed by atoms with Crippen LogP contribution in [0.5, 0.6) is 0 Å². The van der Waals surface area contributed by atoms with Crippen LogP contribution in [0.1, 0.15) is 21.7 Å². The summed E-state index contributed by atoms with van der Waals surface area (Å²) >= 11 is 0. The summed E-state index contributed by atoms with van der Waals surface area (Å²) < 4.78 is 6.62. The molecule has 2 heterocycles. The average Bonchev–Trinajstić information content (AvgIpc) is 2.67. The predicted octanol–water partition coefficient (Wildman–Crippen LogP) is -0.396. The van der Waals surface area contributed by atoms with Crippen molar-refractivity contribution < 1.29 is 19.7 Å². The topological polar surface area (TPSA) is 84.6 Å². The van der Waals surface area contributed by atoms with Crippen LogP contribution in [0.25, 0.3) is 0 Å². The molecule has 1 aromatic heterocycles. The van der Waals surface area contributed by atoms with E-state index in [1.807, 2.05) is 0 Å². The number of hydrogen-bond acceptors (Lipinski definition) is 4. The number of carbonyl (C=O) groups is 1. The second-order valence-electron chi connectivity index (χ2n) is 3.02. The zero-order chi connectivity index (χ0) is 10.1. The van der Waals surface area contributed by atoms with Gasteiger partial charge < -0.3 is 14.9 Å². The first-order chi connectivity index (χ1) is 6.74. The fourth-order valence-corrected chi connectivity index (χ4v) is 1.55. The number of nitrogens with zero attached hydrogens (tertiary/aromatic N) is 2. The second-order valence-corrected chi connectivity index (χ2v) is 3.02. The van der Waals surface area contributed by atoms with E-state index in [2.05, 4.69) is 5.10 Å². The number of aromatic nitrogens is 2. The maximum Gasteiger partial charge on any atom is 0.356 e. The van der Waals surface area contributed by atoms with E-state index in [9.17, 15) is 4.79 Å². The minimum absolute atomic E-state index is 0.0333. The number of hydrogen-bond donors (Lipinski definition) is 2. The smallest absolute Gasteiger partial charge is 0.356 e. The number of ether oxygens (including phenoxy) is 1. The van der Waals surface area contributed by atoms with Crippen LogP contribution < -0.4 is 0 Å². The first-order valence-electron chi connectivity index (χ1n) is 4.24. The Hall–Kier alpha value is -1.40. The Kier molecular flexibility index (Phi) is 2.22. The molecule has 1 aromatic rings. The van der Waals surface area contributed by atoms with Gasteiger partial charge in [0, 0.05) is 5.56 Å². The summed E-state index contributed by atoms with van der Waals surface area (Å²) in [7, 11) is 0. The first-order valence-corrected chi connectivity index (χ1v) is 4.24. The lowest BCUT2D eigenvalue weighted by atomic mass is 10.2. The van der Waals surface area contributed by atoms with Crippen molar-refractivity contribution >= 4 is 5.97 Å². The van der Waals surface area contributed by atoms with Crippen molar-refractivity contribution in [2.24, 2.45) is 0 Å². The van der Waals surface area contributed by atoms with Gasteiger partial charge in [0.25, 0.3) is 0 Å². The molecule has 14 heavy (non-hydrogen) atoms. The molecule has 1 aliphatic heterocycles. The van der Waals surface area contributed by atoms with Gasteiger partial charge in [0.2, 0.25) is 0 Å². The van der Waals surface area contributed by atoms with Gasteiger partial charge in [0.05, 0.1) is 32.1 Å². The zero-order valence-corrected chi connectivity index (χ0v) is 7.43. The van der Waals surface area contributed by atoms with Gasteiger partial charge in [-0.05, 0) is 0 Å². The summed E-state index contributed by atoms with van der Waals surface area (Å²) in [4.78, 5) is 10.8. The molecule has 6 nitrogen and oxygen atoms in total. The molecule has 0 bridgehead atoms. The first kappa shape index (κ1) is 9.17. The Bertz CT molecular complexity index is 372. The number of fused-ring (bicyclic) bond motifs is 1. The third kappa shape index (κ3) is 1.28. The van der Waals surface area contributed by atoms with Gasteiger partial charge in [-0.2, -0.15) is 5.10 Å². The van der Waals surface area contributed by atoms with Gasteiger partial charge in [-0.25, -0.2) is 4.79 Å². The molecule has 0 saturated carbocycles. The minimum Gasteiger partial charge on any atom is -0.476 e. The second kappa shape index (κ2) is 3.39. The van der Waals surface area contributed by atoms with E-state index in [1.54, 1.807) is 0 Å². The lowest BCUT2D eigenvalue weighted by Crippen LogP contribution is -2.09. The highest BCUT2D eigenvalue weighted by atomic mass is 16.5. The van der Waals surface area contributed by atoms with Crippen LogP contribution in [0, 0.1) is 0 Å². The summed E-state index contributed by atoms with van der Waals surface area (Å²) in [6.45, 7) is 0.907. The van der Waals surface area contributed by atoms with E-state index in [4.69, 9.17) is 14.9 Å². The molecule has 0 fully saturated rings. The van der Waals surface area contributed by atoms with Gasteiger partial charge in [0.15, 0.2) is 5.69 Å².